The zero-order chi connectivity index (χ0) is 23.7. The molecule has 3 rings (SSSR count). The first-order valence-electron chi connectivity index (χ1n) is 10.1. The Hall–Kier alpha value is -3.69. The molecule has 0 aliphatic rings. The van der Waals surface area contributed by atoms with Gasteiger partial charge in [0, 0.05) is 18.7 Å². The average molecular weight is 469 g/mol. The predicted octanol–water partition coefficient (Wildman–Crippen LogP) is 2.65. The first-order valence-corrected chi connectivity index (χ1v) is 11.6. The Labute approximate surface area is 192 Å². The Balaban J connectivity index is 1.55. The van der Waals surface area contributed by atoms with Crippen LogP contribution in [0.3, 0.4) is 0 Å². The number of carbonyl (C=O) groups excluding carboxylic acids is 2. The van der Waals surface area contributed by atoms with Gasteiger partial charge in [-0.1, -0.05) is 54.6 Å². The maximum absolute atomic E-state index is 12.6. The summed E-state index contributed by atoms with van der Waals surface area (Å²) in [5.74, 6) is -0.668. The number of amides is 1. The van der Waals surface area contributed by atoms with Gasteiger partial charge in [0.25, 0.3) is 5.91 Å². The van der Waals surface area contributed by atoms with Crippen LogP contribution in [-0.2, 0) is 32.6 Å². The lowest BCUT2D eigenvalue weighted by atomic mass is 10.2. The van der Waals surface area contributed by atoms with E-state index in [9.17, 15) is 18.0 Å². The second kappa shape index (κ2) is 11.3. The fourth-order valence-electron chi connectivity index (χ4n) is 2.96. The first-order chi connectivity index (χ1) is 15.9. The molecule has 0 saturated heterocycles. The van der Waals surface area contributed by atoms with E-state index in [1.165, 1.54) is 31.4 Å². The summed E-state index contributed by atoms with van der Waals surface area (Å²) in [5, 5.41) is 2.65. The lowest BCUT2D eigenvalue weighted by Crippen LogP contribution is -2.28. The standard InChI is InChI=1S/C24H24N2O6S/c1-31-22-13-6-5-10-20(22)16-25-23(27)17-32-24(28)19-11-7-12-21(14-19)33(29,30)26-15-18-8-3-2-4-9-18/h2-14,26H,15-17H2,1H3,(H,25,27). The second-order valence-electron chi connectivity index (χ2n) is 7.00. The third kappa shape index (κ3) is 6.90. The van der Waals surface area contributed by atoms with Crippen molar-refractivity contribution in [3.05, 3.63) is 95.6 Å². The third-order valence-electron chi connectivity index (χ3n) is 4.69. The summed E-state index contributed by atoms with van der Waals surface area (Å²) in [5.41, 5.74) is 1.60. The summed E-state index contributed by atoms with van der Waals surface area (Å²) in [4.78, 5) is 24.3. The molecule has 0 aliphatic carbocycles. The molecular formula is C24H24N2O6S. The van der Waals surface area contributed by atoms with E-state index in [1.54, 1.807) is 18.2 Å². The smallest absolute Gasteiger partial charge is 0.338 e. The monoisotopic (exact) mass is 468 g/mol. The normalized spacial score (nSPS) is 10.9. The molecule has 0 spiro atoms. The summed E-state index contributed by atoms with van der Waals surface area (Å²) in [6.45, 7) is -0.178. The molecule has 33 heavy (non-hydrogen) atoms. The number of hydrogen-bond donors (Lipinski definition) is 2. The van der Waals surface area contributed by atoms with Crippen LogP contribution in [0.5, 0.6) is 5.75 Å². The number of benzene rings is 3. The molecule has 0 heterocycles. The summed E-state index contributed by atoms with van der Waals surface area (Å²) in [7, 11) is -2.30. The minimum absolute atomic E-state index is 0.0233. The SMILES string of the molecule is COc1ccccc1CNC(=O)COC(=O)c1cccc(S(=O)(=O)NCc2ccccc2)c1. The van der Waals surface area contributed by atoms with E-state index in [1.807, 2.05) is 36.4 Å². The van der Waals surface area contributed by atoms with Gasteiger partial charge in [0.2, 0.25) is 10.0 Å². The number of nitrogens with one attached hydrogen (secondary N) is 2. The Morgan fingerprint density at radius 1 is 0.879 bits per heavy atom. The Kier molecular flexibility index (Phi) is 8.17. The van der Waals surface area contributed by atoms with E-state index in [2.05, 4.69) is 10.0 Å². The number of hydrogen-bond acceptors (Lipinski definition) is 6. The van der Waals surface area contributed by atoms with Crippen LogP contribution in [0.1, 0.15) is 21.5 Å². The molecule has 0 bridgehead atoms. The number of ether oxygens (including phenoxy) is 2. The number of methoxy groups -OCH3 is 1. The molecule has 0 fully saturated rings. The van der Waals surface area contributed by atoms with Gasteiger partial charge in [-0.05, 0) is 29.8 Å². The van der Waals surface area contributed by atoms with Gasteiger partial charge in [-0.2, -0.15) is 0 Å². The Bertz CT molecular complexity index is 1210. The minimum atomic E-state index is -3.84. The largest absolute Gasteiger partial charge is 0.496 e. The van der Waals surface area contributed by atoms with Crippen molar-refractivity contribution in [2.75, 3.05) is 13.7 Å². The summed E-state index contributed by atoms with van der Waals surface area (Å²) >= 11 is 0. The molecule has 0 unspecified atom stereocenters. The molecule has 1 amide bonds. The van der Waals surface area contributed by atoms with E-state index < -0.39 is 28.5 Å². The zero-order valence-electron chi connectivity index (χ0n) is 18.0. The molecule has 0 atom stereocenters. The van der Waals surface area contributed by atoms with Crippen LogP contribution in [0.15, 0.2) is 83.8 Å². The highest BCUT2D eigenvalue weighted by Gasteiger charge is 2.17. The molecule has 9 heteroatoms. The van der Waals surface area contributed by atoms with E-state index in [-0.39, 0.29) is 23.5 Å². The zero-order valence-corrected chi connectivity index (χ0v) is 18.8. The van der Waals surface area contributed by atoms with Crippen LogP contribution in [0, 0.1) is 0 Å². The first kappa shape index (κ1) is 24.0. The van der Waals surface area contributed by atoms with Crippen molar-refractivity contribution in [3.63, 3.8) is 0 Å². The van der Waals surface area contributed by atoms with Crippen molar-refractivity contribution in [1.82, 2.24) is 10.0 Å². The number of para-hydroxylation sites is 1. The van der Waals surface area contributed by atoms with Gasteiger partial charge >= 0.3 is 5.97 Å². The van der Waals surface area contributed by atoms with Gasteiger partial charge in [0.1, 0.15) is 5.75 Å². The van der Waals surface area contributed by atoms with Gasteiger partial charge in [-0.3, -0.25) is 4.79 Å². The molecule has 0 saturated carbocycles. The van der Waals surface area contributed by atoms with Crippen LogP contribution < -0.4 is 14.8 Å². The van der Waals surface area contributed by atoms with Crippen molar-refractivity contribution in [1.29, 1.82) is 0 Å². The van der Waals surface area contributed by atoms with Crippen LogP contribution in [0.2, 0.25) is 0 Å². The highest BCUT2D eigenvalue weighted by molar-refractivity contribution is 7.89. The number of carbonyl (C=O) groups is 2. The van der Waals surface area contributed by atoms with E-state index in [4.69, 9.17) is 9.47 Å². The molecular weight excluding hydrogens is 444 g/mol. The summed E-state index contributed by atoms with van der Waals surface area (Å²) in [6.07, 6.45) is 0. The third-order valence-corrected chi connectivity index (χ3v) is 6.09. The number of rotatable bonds is 10. The average Bonchev–Trinajstić information content (AvgIpc) is 2.85. The number of sulfonamides is 1. The maximum atomic E-state index is 12.6. The van der Waals surface area contributed by atoms with Gasteiger partial charge in [0.05, 0.1) is 17.6 Å². The van der Waals surface area contributed by atoms with Crippen LogP contribution in [0.4, 0.5) is 0 Å². The van der Waals surface area contributed by atoms with Crippen molar-refractivity contribution in [2.45, 2.75) is 18.0 Å². The van der Waals surface area contributed by atoms with E-state index in [0.717, 1.165) is 11.1 Å². The van der Waals surface area contributed by atoms with Crippen molar-refractivity contribution >= 4 is 21.9 Å². The minimum Gasteiger partial charge on any atom is -0.496 e. The molecule has 8 nitrogen and oxygen atoms in total. The molecule has 3 aromatic rings. The van der Waals surface area contributed by atoms with Gasteiger partial charge in [-0.25, -0.2) is 17.9 Å². The van der Waals surface area contributed by atoms with E-state index in [0.29, 0.717) is 5.75 Å². The van der Waals surface area contributed by atoms with Gasteiger partial charge < -0.3 is 14.8 Å². The highest BCUT2D eigenvalue weighted by Crippen LogP contribution is 2.17. The summed E-state index contributed by atoms with van der Waals surface area (Å²) in [6, 6.07) is 21.7. The fraction of sp³-hybridized carbons (Fsp3) is 0.167. The molecule has 0 aliphatic heterocycles. The predicted molar refractivity (Wildman–Crippen MR) is 122 cm³/mol. The Morgan fingerprint density at radius 3 is 2.36 bits per heavy atom. The Morgan fingerprint density at radius 2 is 1.61 bits per heavy atom. The lowest BCUT2D eigenvalue weighted by molar-refractivity contribution is -0.124. The quantitative estimate of drug-likeness (QED) is 0.443. The topological polar surface area (TPSA) is 111 Å². The van der Waals surface area contributed by atoms with Crippen molar-refractivity contribution in [2.24, 2.45) is 0 Å². The summed E-state index contributed by atoms with van der Waals surface area (Å²) < 4.78 is 37.9. The van der Waals surface area contributed by atoms with Gasteiger partial charge in [-0.15, -0.1) is 0 Å². The maximum Gasteiger partial charge on any atom is 0.338 e. The van der Waals surface area contributed by atoms with Gasteiger partial charge in [0.15, 0.2) is 6.61 Å². The molecule has 172 valence electrons. The molecule has 0 aromatic heterocycles. The fourth-order valence-corrected chi connectivity index (χ4v) is 4.02. The van der Waals surface area contributed by atoms with E-state index >= 15 is 0 Å². The molecule has 0 radical (unpaired) electrons. The lowest BCUT2D eigenvalue weighted by Gasteiger charge is -2.10. The van der Waals surface area contributed by atoms with Crippen LogP contribution >= 0.6 is 0 Å². The highest BCUT2D eigenvalue weighted by atomic mass is 32.2. The van der Waals surface area contributed by atoms with Crippen molar-refractivity contribution in [3.8, 4) is 5.75 Å². The second-order valence-corrected chi connectivity index (χ2v) is 8.77. The molecule has 2 N–H and O–H groups in total. The van der Waals surface area contributed by atoms with Crippen LogP contribution in [-0.4, -0.2) is 34.0 Å². The number of esters is 1. The van der Waals surface area contributed by atoms with Crippen LogP contribution in [0.25, 0.3) is 0 Å². The van der Waals surface area contributed by atoms with Crippen molar-refractivity contribution < 1.29 is 27.5 Å². The molecule has 3 aromatic carbocycles.